The van der Waals surface area contributed by atoms with Crippen LogP contribution in [0.3, 0.4) is 0 Å². The molecule has 42 valence electrons. The fourth-order valence-corrected chi connectivity index (χ4v) is 0.882. The van der Waals surface area contributed by atoms with E-state index in [1.54, 1.807) is 0 Å². The maximum Gasteiger partial charge on any atom is 0.142 e. The molecule has 1 saturated carbocycles. The van der Waals surface area contributed by atoms with E-state index >= 15 is 0 Å². The van der Waals surface area contributed by atoms with Gasteiger partial charge < -0.3 is 4.55 Å². The summed E-state index contributed by atoms with van der Waals surface area (Å²) in [4.78, 5) is 0. The summed E-state index contributed by atoms with van der Waals surface area (Å²) in [5, 5.41) is 5.10. The molecule has 2 nitrogen and oxygen atoms in total. The first-order chi connectivity index (χ1) is 3.15. The SMILES string of the molecule is CC1([S@@+](N)[O-])CC1. The van der Waals surface area contributed by atoms with Gasteiger partial charge in [-0.15, -0.1) is 0 Å². The molecule has 1 atom stereocenters. The molecule has 0 unspecified atom stereocenters. The van der Waals surface area contributed by atoms with E-state index in [0.29, 0.717) is 0 Å². The molecule has 1 rings (SSSR count). The zero-order valence-corrected chi connectivity index (χ0v) is 5.12. The molecule has 1 aliphatic carbocycles. The Bertz CT molecular complexity index is 79.8. The lowest BCUT2D eigenvalue weighted by Gasteiger charge is -2.08. The highest BCUT2D eigenvalue weighted by molar-refractivity contribution is 7.90. The molecule has 0 radical (unpaired) electrons. The molecule has 0 aromatic rings. The number of nitrogens with two attached hydrogens (primary N) is 1. The van der Waals surface area contributed by atoms with Crippen molar-refractivity contribution >= 4 is 11.4 Å². The van der Waals surface area contributed by atoms with Gasteiger partial charge in [0.15, 0.2) is 0 Å². The minimum Gasteiger partial charge on any atom is -0.598 e. The Morgan fingerprint density at radius 2 is 2.14 bits per heavy atom. The maximum atomic E-state index is 10.4. The molecule has 0 spiro atoms. The molecule has 1 fully saturated rings. The first kappa shape index (κ1) is 5.41. The topological polar surface area (TPSA) is 49.1 Å². The summed E-state index contributed by atoms with van der Waals surface area (Å²) < 4.78 is 10.4. The average Bonchev–Trinajstić information content (AvgIpc) is 2.21. The number of hydrogen-bond donors (Lipinski definition) is 1. The second-order valence-electron chi connectivity index (χ2n) is 2.25. The minimum absolute atomic E-state index is 0. The van der Waals surface area contributed by atoms with Crippen molar-refractivity contribution in [1.29, 1.82) is 0 Å². The van der Waals surface area contributed by atoms with Gasteiger partial charge in [-0.1, -0.05) is 0 Å². The van der Waals surface area contributed by atoms with Crippen LogP contribution >= 0.6 is 0 Å². The summed E-state index contributed by atoms with van der Waals surface area (Å²) in [6.45, 7) is 1.95. The second-order valence-corrected chi connectivity index (χ2v) is 3.83. The van der Waals surface area contributed by atoms with Gasteiger partial charge in [-0.3, -0.25) is 0 Å². The Balaban J connectivity index is 2.39. The predicted octanol–water partition coefficient (Wildman–Crippen LogP) is 0.161. The molecule has 0 bridgehead atoms. The normalized spacial score (nSPS) is 29.6. The van der Waals surface area contributed by atoms with Crippen molar-refractivity contribution in [1.82, 2.24) is 0 Å². The van der Waals surface area contributed by atoms with Crippen molar-refractivity contribution in [2.75, 3.05) is 0 Å². The van der Waals surface area contributed by atoms with Gasteiger partial charge in [0.05, 0.1) is 0 Å². The van der Waals surface area contributed by atoms with E-state index in [-0.39, 0.29) is 4.75 Å². The smallest absolute Gasteiger partial charge is 0.142 e. The van der Waals surface area contributed by atoms with Crippen LogP contribution in [0.4, 0.5) is 0 Å². The standard InChI is InChI=1S/C4H9NOS/c1-4(2-3-4)7(5)6/h2-3,5H2,1H3/t7-/m0/s1. The fraction of sp³-hybridized carbons (Fsp3) is 1.00. The molecular weight excluding hydrogens is 110 g/mol. The van der Waals surface area contributed by atoms with Gasteiger partial charge in [-0.2, -0.15) is 5.14 Å². The zero-order valence-electron chi connectivity index (χ0n) is 4.31. The predicted molar refractivity (Wildman–Crippen MR) is 30.0 cm³/mol. The van der Waals surface area contributed by atoms with E-state index in [1.165, 1.54) is 0 Å². The maximum absolute atomic E-state index is 10.4. The van der Waals surface area contributed by atoms with Crippen LogP contribution in [0.1, 0.15) is 19.8 Å². The number of hydrogen-bond acceptors (Lipinski definition) is 2. The quantitative estimate of drug-likeness (QED) is 0.500. The van der Waals surface area contributed by atoms with E-state index in [9.17, 15) is 4.55 Å². The van der Waals surface area contributed by atoms with Gasteiger partial charge in [0, 0.05) is 24.2 Å². The van der Waals surface area contributed by atoms with Crippen LogP contribution in [0.25, 0.3) is 0 Å². The van der Waals surface area contributed by atoms with E-state index in [2.05, 4.69) is 0 Å². The first-order valence-electron chi connectivity index (χ1n) is 2.31. The van der Waals surface area contributed by atoms with Crippen molar-refractivity contribution in [2.24, 2.45) is 5.14 Å². The Kier molecular flexibility index (Phi) is 1.06. The summed E-state index contributed by atoms with van der Waals surface area (Å²) in [5.41, 5.74) is 0. The molecule has 0 heterocycles. The summed E-state index contributed by atoms with van der Waals surface area (Å²) in [6.07, 6.45) is 2.08. The lowest BCUT2D eigenvalue weighted by molar-refractivity contribution is 0.583. The van der Waals surface area contributed by atoms with Crippen LogP contribution in [0.2, 0.25) is 0 Å². The summed E-state index contributed by atoms with van der Waals surface area (Å²) in [6, 6.07) is 0. The zero-order chi connectivity index (χ0) is 5.49. The Morgan fingerprint density at radius 1 is 1.71 bits per heavy atom. The van der Waals surface area contributed by atoms with Crippen molar-refractivity contribution in [2.45, 2.75) is 24.5 Å². The highest BCUT2D eigenvalue weighted by atomic mass is 32.2. The molecule has 0 aromatic heterocycles. The van der Waals surface area contributed by atoms with Crippen LogP contribution < -0.4 is 5.14 Å². The average molecular weight is 119 g/mol. The van der Waals surface area contributed by atoms with Crippen molar-refractivity contribution in [3.63, 3.8) is 0 Å². The summed E-state index contributed by atoms with van der Waals surface area (Å²) in [5.74, 6) is 0. The van der Waals surface area contributed by atoms with Crippen LogP contribution in [0, 0.1) is 0 Å². The van der Waals surface area contributed by atoms with E-state index in [4.69, 9.17) is 5.14 Å². The molecule has 0 aromatic carbocycles. The largest absolute Gasteiger partial charge is 0.598 e. The van der Waals surface area contributed by atoms with Crippen LogP contribution in [-0.2, 0) is 11.4 Å². The highest BCUT2D eigenvalue weighted by Crippen LogP contribution is 2.40. The van der Waals surface area contributed by atoms with E-state index < -0.39 is 11.4 Å². The van der Waals surface area contributed by atoms with Crippen molar-refractivity contribution in [3.8, 4) is 0 Å². The lowest BCUT2D eigenvalue weighted by Crippen LogP contribution is -2.26. The highest BCUT2D eigenvalue weighted by Gasteiger charge is 2.48. The Morgan fingerprint density at radius 3 is 2.14 bits per heavy atom. The summed E-state index contributed by atoms with van der Waals surface area (Å²) >= 11 is -1.07. The van der Waals surface area contributed by atoms with Gasteiger partial charge in [-0.05, 0) is 6.92 Å². The molecule has 7 heavy (non-hydrogen) atoms. The monoisotopic (exact) mass is 119 g/mol. The third-order valence-electron chi connectivity index (χ3n) is 1.44. The molecule has 0 amide bonds. The lowest BCUT2D eigenvalue weighted by atomic mass is 10.5. The van der Waals surface area contributed by atoms with Crippen LogP contribution in [-0.4, -0.2) is 9.30 Å². The molecule has 0 aliphatic heterocycles. The Hall–Kier alpha value is 0.270. The van der Waals surface area contributed by atoms with Gasteiger partial charge in [0.25, 0.3) is 0 Å². The van der Waals surface area contributed by atoms with Gasteiger partial charge in [0.2, 0.25) is 0 Å². The molecule has 2 N–H and O–H groups in total. The molecule has 0 saturated heterocycles. The van der Waals surface area contributed by atoms with Crippen LogP contribution in [0.5, 0.6) is 0 Å². The second kappa shape index (κ2) is 1.37. The van der Waals surface area contributed by atoms with Crippen LogP contribution in [0.15, 0.2) is 0 Å². The van der Waals surface area contributed by atoms with Gasteiger partial charge in [-0.25, -0.2) is 0 Å². The Labute approximate surface area is 46.4 Å². The third kappa shape index (κ3) is 0.900. The van der Waals surface area contributed by atoms with Crippen molar-refractivity contribution < 1.29 is 4.55 Å². The summed E-state index contributed by atoms with van der Waals surface area (Å²) in [7, 11) is 0. The van der Waals surface area contributed by atoms with E-state index in [0.717, 1.165) is 12.8 Å². The molecule has 1 aliphatic rings. The number of rotatable bonds is 1. The molecule has 3 heteroatoms. The fourth-order valence-electron chi connectivity index (χ4n) is 0.377. The van der Waals surface area contributed by atoms with Gasteiger partial charge in [0.1, 0.15) is 4.75 Å². The van der Waals surface area contributed by atoms with E-state index in [1.807, 2.05) is 6.92 Å². The minimum atomic E-state index is -1.07. The van der Waals surface area contributed by atoms with Gasteiger partial charge >= 0.3 is 0 Å². The first-order valence-corrected chi connectivity index (χ1v) is 3.53. The van der Waals surface area contributed by atoms with Crippen molar-refractivity contribution in [3.05, 3.63) is 0 Å². The third-order valence-corrected chi connectivity index (χ3v) is 2.82. The molecular formula is C4H9NOS.